The highest BCUT2D eigenvalue weighted by Crippen LogP contribution is 2.37. The van der Waals surface area contributed by atoms with Gasteiger partial charge >= 0.3 is 0 Å². The Bertz CT molecular complexity index is 508. The lowest BCUT2D eigenvalue weighted by atomic mass is 9.77. The zero-order valence-corrected chi connectivity index (χ0v) is 9.84. The standard InChI is InChI=1S/C17H16/c1-3-7-14(8-4-1)13-16-11-12-17(16)15-9-5-2-6-10-15/h1-10,12,16H,11,13H2. The number of hydrogen-bond donors (Lipinski definition) is 0. The van der Waals surface area contributed by atoms with Crippen molar-refractivity contribution in [1.82, 2.24) is 0 Å². The fraction of sp³-hybridized carbons (Fsp3) is 0.176. The highest BCUT2D eigenvalue weighted by atomic mass is 14.3. The second-order valence-electron chi connectivity index (χ2n) is 4.65. The van der Waals surface area contributed by atoms with Gasteiger partial charge in [-0.25, -0.2) is 0 Å². The Morgan fingerprint density at radius 2 is 1.47 bits per heavy atom. The Labute approximate surface area is 103 Å². The molecule has 0 saturated heterocycles. The largest absolute Gasteiger partial charge is 0.0798 e. The van der Waals surface area contributed by atoms with E-state index < -0.39 is 0 Å². The third-order valence-corrected chi connectivity index (χ3v) is 3.49. The average Bonchev–Trinajstić information content (AvgIpc) is 2.37. The molecule has 17 heavy (non-hydrogen) atoms. The van der Waals surface area contributed by atoms with Crippen molar-refractivity contribution >= 4 is 5.57 Å². The van der Waals surface area contributed by atoms with E-state index >= 15 is 0 Å². The third-order valence-electron chi connectivity index (χ3n) is 3.49. The molecule has 0 N–H and O–H groups in total. The molecule has 3 rings (SSSR count). The van der Waals surface area contributed by atoms with Crippen LogP contribution in [0.1, 0.15) is 17.5 Å². The van der Waals surface area contributed by atoms with Crippen molar-refractivity contribution in [1.29, 1.82) is 0 Å². The van der Waals surface area contributed by atoms with Crippen LogP contribution in [0.5, 0.6) is 0 Å². The van der Waals surface area contributed by atoms with E-state index in [1.807, 2.05) is 0 Å². The third kappa shape index (κ3) is 2.16. The Morgan fingerprint density at radius 3 is 2.06 bits per heavy atom. The predicted octanol–water partition coefficient (Wildman–Crippen LogP) is 4.33. The molecule has 1 unspecified atom stereocenters. The smallest absolute Gasteiger partial charge is 0.00839 e. The summed E-state index contributed by atoms with van der Waals surface area (Å²) in [4.78, 5) is 0. The van der Waals surface area contributed by atoms with E-state index in [2.05, 4.69) is 66.7 Å². The first-order valence-corrected chi connectivity index (χ1v) is 6.23. The maximum atomic E-state index is 2.36. The van der Waals surface area contributed by atoms with Crippen molar-refractivity contribution in [2.75, 3.05) is 0 Å². The lowest BCUT2D eigenvalue weighted by molar-refractivity contribution is 0.633. The summed E-state index contributed by atoms with van der Waals surface area (Å²) in [5, 5.41) is 0. The highest BCUT2D eigenvalue weighted by molar-refractivity contribution is 5.72. The summed E-state index contributed by atoms with van der Waals surface area (Å²) >= 11 is 0. The Kier molecular flexibility index (Phi) is 2.79. The first-order chi connectivity index (χ1) is 8.43. The van der Waals surface area contributed by atoms with Crippen LogP contribution in [0.2, 0.25) is 0 Å². The van der Waals surface area contributed by atoms with Gasteiger partial charge in [0.1, 0.15) is 0 Å². The van der Waals surface area contributed by atoms with Gasteiger partial charge in [-0.1, -0.05) is 66.7 Å². The minimum absolute atomic E-state index is 0.708. The van der Waals surface area contributed by atoms with Gasteiger partial charge in [-0.05, 0) is 35.5 Å². The van der Waals surface area contributed by atoms with Crippen LogP contribution in [-0.2, 0) is 6.42 Å². The molecule has 2 aromatic carbocycles. The van der Waals surface area contributed by atoms with Crippen molar-refractivity contribution in [3.8, 4) is 0 Å². The summed E-state index contributed by atoms with van der Waals surface area (Å²) in [6.07, 6.45) is 4.75. The van der Waals surface area contributed by atoms with E-state index in [1.54, 1.807) is 0 Å². The molecule has 0 heterocycles. The zero-order valence-electron chi connectivity index (χ0n) is 9.84. The van der Waals surface area contributed by atoms with Gasteiger partial charge < -0.3 is 0 Å². The second kappa shape index (κ2) is 4.58. The summed E-state index contributed by atoms with van der Waals surface area (Å²) < 4.78 is 0. The van der Waals surface area contributed by atoms with E-state index in [0.717, 1.165) is 0 Å². The Morgan fingerprint density at radius 1 is 0.824 bits per heavy atom. The van der Waals surface area contributed by atoms with Gasteiger partial charge in [0, 0.05) is 0 Å². The topological polar surface area (TPSA) is 0 Å². The molecule has 1 aliphatic carbocycles. The molecule has 1 aliphatic rings. The lowest BCUT2D eigenvalue weighted by Gasteiger charge is -2.27. The van der Waals surface area contributed by atoms with Crippen LogP contribution in [0.4, 0.5) is 0 Å². The van der Waals surface area contributed by atoms with E-state index in [-0.39, 0.29) is 0 Å². The molecule has 1 atom stereocenters. The van der Waals surface area contributed by atoms with E-state index in [4.69, 9.17) is 0 Å². The average molecular weight is 220 g/mol. The van der Waals surface area contributed by atoms with Crippen molar-refractivity contribution in [2.45, 2.75) is 12.8 Å². The molecular formula is C17H16. The summed E-state index contributed by atoms with van der Waals surface area (Å²) in [5.74, 6) is 0.708. The SMILES string of the molecule is C1=C(c2ccccc2)C(Cc2ccccc2)C1. The number of rotatable bonds is 3. The van der Waals surface area contributed by atoms with Gasteiger partial charge in [-0.2, -0.15) is 0 Å². The minimum atomic E-state index is 0.708. The molecular weight excluding hydrogens is 204 g/mol. The molecule has 0 spiro atoms. The summed E-state index contributed by atoms with van der Waals surface area (Å²) in [6, 6.07) is 21.5. The molecule has 0 fully saturated rings. The van der Waals surface area contributed by atoms with Crippen LogP contribution in [0.15, 0.2) is 66.7 Å². The fourth-order valence-electron chi connectivity index (χ4n) is 2.48. The second-order valence-corrected chi connectivity index (χ2v) is 4.65. The summed E-state index contributed by atoms with van der Waals surface area (Å²) in [5.41, 5.74) is 4.35. The van der Waals surface area contributed by atoms with Crippen LogP contribution in [0.3, 0.4) is 0 Å². The molecule has 0 aromatic heterocycles. The molecule has 0 saturated carbocycles. The van der Waals surface area contributed by atoms with Crippen LogP contribution < -0.4 is 0 Å². The Hall–Kier alpha value is -1.82. The zero-order chi connectivity index (χ0) is 11.5. The first-order valence-electron chi connectivity index (χ1n) is 6.23. The van der Waals surface area contributed by atoms with Crippen molar-refractivity contribution in [2.24, 2.45) is 5.92 Å². The first kappa shape index (κ1) is 10.3. The summed E-state index contributed by atoms with van der Waals surface area (Å²) in [6.45, 7) is 0. The Balaban J connectivity index is 1.74. The molecule has 0 aliphatic heterocycles. The van der Waals surface area contributed by atoms with Gasteiger partial charge in [0.15, 0.2) is 0 Å². The van der Waals surface area contributed by atoms with Gasteiger partial charge in [-0.3, -0.25) is 0 Å². The van der Waals surface area contributed by atoms with Crippen molar-refractivity contribution in [3.63, 3.8) is 0 Å². The van der Waals surface area contributed by atoms with Crippen LogP contribution in [-0.4, -0.2) is 0 Å². The van der Waals surface area contributed by atoms with Gasteiger partial charge in [0.25, 0.3) is 0 Å². The van der Waals surface area contributed by atoms with Gasteiger partial charge in [-0.15, -0.1) is 0 Å². The van der Waals surface area contributed by atoms with Crippen LogP contribution in [0, 0.1) is 5.92 Å². The molecule has 84 valence electrons. The molecule has 2 aromatic rings. The number of allylic oxidation sites excluding steroid dienone is 2. The maximum Gasteiger partial charge on any atom is -0.00839 e. The normalized spacial score (nSPS) is 18.4. The van der Waals surface area contributed by atoms with E-state index in [9.17, 15) is 0 Å². The molecule has 0 bridgehead atoms. The van der Waals surface area contributed by atoms with Crippen molar-refractivity contribution < 1.29 is 0 Å². The maximum absolute atomic E-state index is 2.36. The molecule has 0 heteroatoms. The molecule has 0 nitrogen and oxygen atoms in total. The van der Waals surface area contributed by atoms with Crippen LogP contribution >= 0.6 is 0 Å². The minimum Gasteiger partial charge on any atom is -0.0798 e. The molecule has 0 radical (unpaired) electrons. The number of benzene rings is 2. The summed E-state index contributed by atoms with van der Waals surface area (Å²) in [7, 11) is 0. The van der Waals surface area contributed by atoms with Gasteiger partial charge in [0.05, 0.1) is 0 Å². The fourth-order valence-corrected chi connectivity index (χ4v) is 2.48. The van der Waals surface area contributed by atoms with Crippen LogP contribution in [0.25, 0.3) is 5.57 Å². The monoisotopic (exact) mass is 220 g/mol. The lowest BCUT2D eigenvalue weighted by Crippen LogP contribution is -2.14. The van der Waals surface area contributed by atoms with Crippen molar-refractivity contribution in [3.05, 3.63) is 77.9 Å². The highest BCUT2D eigenvalue weighted by Gasteiger charge is 2.22. The van der Waals surface area contributed by atoms with Gasteiger partial charge in [0.2, 0.25) is 0 Å². The predicted molar refractivity (Wildman–Crippen MR) is 72.7 cm³/mol. The quantitative estimate of drug-likeness (QED) is 0.722. The van der Waals surface area contributed by atoms with E-state index in [0.29, 0.717) is 5.92 Å². The van der Waals surface area contributed by atoms with E-state index in [1.165, 1.54) is 29.5 Å². The molecule has 0 amide bonds. The number of hydrogen-bond acceptors (Lipinski definition) is 0.